The van der Waals surface area contributed by atoms with Crippen molar-refractivity contribution in [2.75, 3.05) is 0 Å². The van der Waals surface area contributed by atoms with Crippen molar-refractivity contribution in [3.05, 3.63) is 76.5 Å². The number of aryl methyl sites for hydroxylation is 1. The van der Waals surface area contributed by atoms with Gasteiger partial charge in [0.2, 0.25) is 0 Å². The Morgan fingerprint density at radius 1 is 1.08 bits per heavy atom. The van der Waals surface area contributed by atoms with Gasteiger partial charge in [-0.05, 0) is 36.3 Å². The molecule has 2 aromatic carbocycles. The maximum Gasteiger partial charge on any atom is 0.329 e. The highest BCUT2D eigenvalue weighted by atomic mass is 16.2. The molecule has 5 nitrogen and oxygen atoms in total. The quantitative estimate of drug-likeness (QED) is 0.698. The minimum absolute atomic E-state index is 0.232. The van der Waals surface area contributed by atoms with E-state index in [1.54, 1.807) is 30.3 Å². The number of rotatable bonds is 3. The maximum atomic E-state index is 12.4. The summed E-state index contributed by atoms with van der Waals surface area (Å²) in [5.74, 6) is -0.357. The molecule has 3 amide bonds. The first kappa shape index (κ1) is 15.5. The summed E-state index contributed by atoms with van der Waals surface area (Å²) >= 11 is 0. The second kappa shape index (κ2) is 6.39. The predicted molar refractivity (Wildman–Crippen MR) is 89.4 cm³/mol. The van der Waals surface area contributed by atoms with E-state index in [0.717, 1.165) is 16.7 Å². The first-order valence-corrected chi connectivity index (χ1v) is 7.47. The Kier molecular flexibility index (Phi) is 4.13. The molecule has 2 aromatic rings. The fourth-order valence-corrected chi connectivity index (χ4v) is 2.41. The van der Waals surface area contributed by atoms with Gasteiger partial charge in [0.1, 0.15) is 5.70 Å². The van der Waals surface area contributed by atoms with E-state index in [4.69, 9.17) is 5.26 Å². The topological polar surface area (TPSA) is 73.2 Å². The molecular formula is C19H15N3O2. The van der Waals surface area contributed by atoms with E-state index in [-0.39, 0.29) is 18.1 Å². The molecule has 0 radical (unpaired) electrons. The number of hydrogen-bond acceptors (Lipinski definition) is 3. The van der Waals surface area contributed by atoms with E-state index < -0.39 is 6.03 Å². The normalized spacial score (nSPS) is 15.5. The molecule has 0 unspecified atom stereocenters. The monoisotopic (exact) mass is 317 g/mol. The van der Waals surface area contributed by atoms with Crippen LogP contribution in [0.1, 0.15) is 22.3 Å². The largest absolute Gasteiger partial charge is 0.329 e. The minimum atomic E-state index is -0.430. The van der Waals surface area contributed by atoms with Crippen molar-refractivity contribution in [1.29, 1.82) is 5.26 Å². The summed E-state index contributed by atoms with van der Waals surface area (Å²) in [6.45, 7) is 2.21. The molecule has 0 bridgehead atoms. The Labute approximate surface area is 139 Å². The first-order chi connectivity index (χ1) is 11.6. The van der Waals surface area contributed by atoms with Crippen molar-refractivity contribution < 1.29 is 9.59 Å². The lowest BCUT2D eigenvalue weighted by Crippen LogP contribution is -2.30. The van der Waals surface area contributed by atoms with E-state index in [2.05, 4.69) is 5.32 Å². The van der Waals surface area contributed by atoms with Gasteiger partial charge in [-0.25, -0.2) is 4.79 Å². The van der Waals surface area contributed by atoms with Crippen LogP contribution in [0.25, 0.3) is 6.08 Å². The van der Waals surface area contributed by atoms with Gasteiger partial charge in [0.05, 0.1) is 18.2 Å². The average Bonchev–Trinajstić information content (AvgIpc) is 2.85. The van der Waals surface area contributed by atoms with Crippen LogP contribution >= 0.6 is 0 Å². The number of benzene rings is 2. The molecule has 0 spiro atoms. The lowest BCUT2D eigenvalue weighted by molar-refractivity contribution is -0.123. The lowest BCUT2D eigenvalue weighted by Gasteiger charge is -2.11. The van der Waals surface area contributed by atoms with Crippen LogP contribution in [0.4, 0.5) is 4.79 Å². The number of hydrogen-bond donors (Lipinski definition) is 1. The van der Waals surface area contributed by atoms with E-state index in [1.165, 1.54) is 4.90 Å². The van der Waals surface area contributed by atoms with Gasteiger partial charge in [-0.3, -0.25) is 9.69 Å². The summed E-state index contributed by atoms with van der Waals surface area (Å²) in [5.41, 5.74) is 3.53. The third kappa shape index (κ3) is 3.18. The summed E-state index contributed by atoms with van der Waals surface area (Å²) in [5, 5.41) is 11.4. The Morgan fingerprint density at radius 2 is 1.75 bits per heavy atom. The van der Waals surface area contributed by atoms with Crippen LogP contribution in [0.15, 0.2) is 54.2 Å². The summed E-state index contributed by atoms with van der Waals surface area (Å²) in [7, 11) is 0. The number of urea groups is 1. The zero-order valence-corrected chi connectivity index (χ0v) is 13.1. The standard InChI is InChI=1S/C19H15N3O2/c1-13-2-4-16(5-3-13)12-22-18(23)17(21-19(22)24)10-14-6-8-15(11-20)9-7-14/h2-10H,12H2,1H3,(H,21,24)/b17-10+. The molecule has 1 aliphatic heterocycles. The van der Waals surface area contributed by atoms with Gasteiger partial charge in [-0.15, -0.1) is 0 Å². The van der Waals surface area contributed by atoms with Crippen molar-refractivity contribution in [1.82, 2.24) is 10.2 Å². The second-order valence-corrected chi connectivity index (χ2v) is 5.60. The molecule has 5 heteroatoms. The summed E-state index contributed by atoms with van der Waals surface area (Å²) in [6.07, 6.45) is 1.61. The van der Waals surface area contributed by atoms with E-state index in [9.17, 15) is 9.59 Å². The Hall–Kier alpha value is -3.39. The van der Waals surface area contributed by atoms with Crippen molar-refractivity contribution in [2.45, 2.75) is 13.5 Å². The van der Waals surface area contributed by atoms with Crippen LogP contribution in [-0.2, 0) is 11.3 Å². The second-order valence-electron chi connectivity index (χ2n) is 5.60. The van der Waals surface area contributed by atoms with Gasteiger partial charge in [0, 0.05) is 0 Å². The zero-order valence-electron chi connectivity index (χ0n) is 13.1. The number of amides is 3. The zero-order chi connectivity index (χ0) is 17.1. The molecule has 24 heavy (non-hydrogen) atoms. The van der Waals surface area contributed by atoms with Gasteiger partial charge in [0.15, 0.2) is 0 Å². The van der Waals surface area contributed by atoms with Crippen LogP contribution in [0, 0.1) is 18.3 Å². The van der Waals surface area contributed by atoms with Crippen LogP contribution in [-0.4, -0.2) is 16.8 Å². The first-order valence-electron chi connectivity index (χ1n) is 7.47. The Morgan fingerprint density at radius 3 is 2.38 bits per heavy atom. The molecule has 0 atom stereocenters. The van der Waals surface area contributed by atoms with Crippen LogP contribution < -0.4 is 5.32 Å². The fraction of sp³-hybridized carbons (Fsp3) is 0.105. The molecule has 1 N–H and O–H groups in total. The van der Waals surface area contributed by atoms with Gasteiger partial charge in [0.25, 0.3) is 5.91 Å². The smallest absolute Gasteiger partial charge is 0.303 e. The lowest BCUT2D eigenvalue weighted by atomic mass is 10.1. The molecule has 1 fully saturated rings. The average molecular weight is 317 g/mol. The molecule has 1 saturated heterocycles. The number of nitrogens with zero attached hydrogens (tertiary/aromatic N) is 2. The maximum absolute atomic E-state index is 12.4. The third-order valence-electron chi connectivity index (χ3n) is 3.77. The molecule has 0 saturated carbocycles. The molecule has 1 aliphatic rings. The highest BCUT2D eigenvalue weighted by molar-refractivity contribution is 6.13. The summed E-state index contributed by atoms with van der Waals surface area (Å²) < 4.78 is 0. The van der Waals surface area contributed by atoms with Gasteiger partial charge < -0.3 is 5.32 Å². The highest BCUT2D eigenvalue weighted by Gasteiger charge is 2.33. The number of imide groups is 1. The number of nitrogens with one attached hydrogen (secondary N) is 1. The number of carbonyl (C=O) groups is 2. The van der Waals surface area contributed by atoms with Crippen LogP contribution in [0.3, 0.4) is 0 Å². The van der Waals surface area contributed by atoms with Gasteiger partial charge in [-0.1, -0.05) is 42.0 Å². The molecule has 3 rings (SSSR count). The van der Waals surface area contributed by atoms with Gasteiger partial charge >= 0.3 is 6.03 Å². The Balaban J connectivity index is 1.79. The van der Waals surface area contributed by atoms with E-state index in [1.807, 2.05) is 37.3 Å². The molecular weight excluding hydrogens is 302 g/mol. The van der Waals surface area contributed by atoms with Crippen LogP contribution in [0.5, 0.6) is 0 Å². The van der Waals surface area contributed by atoms with E-state index >= 15 is 0 Å². The molecule has 1 heterocycles. The number of nitriles is 1. The van der Waals surface area contributed by atoms with Crippen molar-refractivity contribution in [3.8, 4) is 6.07 Å². The molecule has 0 aliphatic carbocycles. The van der Waals surface area contributed by atoms with E-state index in [0.29, 0.717) is 5.56 Å². The Bertz CT molecular complexity index is 859. The van der Waals surface area contributed by atoms with Crippen LogP contribution in [0.2, 0.25) is 0 Å². The molecule has 0 aromatic heterocycles. The van der Waals surface area contributed by atoms with Crippen molar-refractivity contribution >= 4 is 18.0 Å². The fourth-order valence-electron chi connectivity index (χ4n) is 2.41. The minimum Gasteiger partial charge on any atom is -0.303 e. The summed E-state index contributed by atoms with van der Waals surface area (Å²) in [6, 6.07) is 16.1. The SMILES string of the molecule is Cc1ccc(CN2C(=O)N/C(=C/c3ccc(C#N)cc3)C2=O)cc1. The summed E-state index contributed by atoms with van der Waals surface area (Å²) in [4.78, 5) is 25.7. The third-order valence-corrected chi connectivity index (χ3v) is 3.77. The van der Waals surface area contributed by atoms with Crippen molar-refractivity contribution in [3.63, 3.8) is 0 Å². The van der Waals surface area contributed by atoms with Crippen molar-refractivity contribution in [2.24, 2.45) is 0 Å². The van der Waals surface area contributed by atoms with Gasteiger partial charge in [-0.2, -0.15) is 5.26 Å². The highest BCUT2D eigenvalue weighted by Crippen LogP contribution is 2.17. The molecule has 118 valence electrons. The number of carbonyl (C=O) groups excluding carboxylic acids is 2. The predicted octanol–water partition coefficient (Wildman–Crippen LogP) is 2.96.